The van der Waals surface area contributed by atoms with E-state index in [4.69, 9.17) is 0 Å². The van der Waals surface area contributed by atoms with Gasteiger partial charge < -0.3 is 14.6 Å². The fourth-order valence-electron chi connectivity index (χ4n) is 3.43. The van der Waals surface area contributed by atoms with Gasteiger partial charge in [0.05, 0.1) is 0 Å². The minimum atomic E-state index is -3.15. The number of carbonyl (C=O) groups is 1. The second kappa shape index (κ2) is 6.19. The third-order valence-corrected chi connectivity index (χ3v) is 4.53. The highest BCUT2D eigenvalue weighted by atomic mass is 35.5. The summed E-state index contributed by atoms with van der Waals surface area (Å²) in [5.41, 5.74) is 2.43. The van der Waals surface area contributed by atoms with E-state index < -0.39 is 24.7 Å². The molecule has 0 bridgehead atoms. The maximum atomic E-state index is 14.2. The van der Waals surface area contributed by atoms with Crippen molar-refractivity contribution in [1.29, 1.82) is 0 Å². The van der Waals surface area contributed by atoms with Gasteiger partial charge >= 0.3 is 12.0 Å². The molecule has 25 heavy (non-hydrogen) atoms. The maximum absolute atomic E-state index is 14.2. The number of cyclic esters (lactones) is 1. The summed E-state index contributed by atoms with van der Waals surface area (Å²) in [6, 6.07) is 11.7. The predicted molar refractivity (Wildman–Crippen MR) is 94.5 cm³/mol. The van der Waals surface area contributed by atoms with Crippen molar-refractivity contribution in [2.24, 2.45) is 0 Å². The molecule has 4 rings (SSSR count). The number of fused-ring (bicyclic) bond motifs is 3. The van der Waals surface area contributed by atoms with E-state index in [1.807, 2.05) is 37.3 Å². The van der Waals surface area contributed by atoms with Crippen molar-refractivity contribution in [3.05, 3.63) is 48.0 Å². The normalized spacial score (nSPS) is 19.3. The van der Waals surface area contributed by atoms with Crippen LogP contribution in [-0.2, 0) is 11.3 Å². The summed E-state index contributed by atoms with van der Waals surface area (Å²) < 4.78 is 34.9. The molecule has 1 aromatic heterocycles. The van der Waals surface area contributed by atoms with Crippen LogP contribution in [0.4, 0.5) is 13.6 Å². The number of nitrogens with zero attached hydrogens (tertiary/aromatic N) is 1. The monoisotopic (exact) mass is 366 g/mol. The molecule has 3 aromatic rings. The van der Waals surface area contributed by atoms with Gasteiger partial charge in [-0.2, -0.15) is 0 Å². The average Bonchev–Trinajstić information content (AvgIpc) is 2.90. The lowest BCUT2D eigenvalue weighted by Gasteiger charge is -2.31. The predicted octanol–water partition coefficient (Wildman–Crippen LogP) is 4.65. The molecule has 132 valence electrons. The van der Waals surface area contributed by atoms with Gasteiger partial charge in [0.2, 0.25) is 0 Å². The van der Waals surface area contributed by atoms with Gasteiger partial charge in [0.15, 0.2) is 6.61 Å². The second-order valence-corrected chi connectivity index (χ2v) is 5.95. The number of alkyl halides is 2. The Morgan fingerprint density at radius 1 is 1.20 bits per heavy atom. The minimum Gasteiger partial charge on any atom is -0.443 e. The highest BCUT2D eigenvalue weighted by Gasteiger charge is 2.46. The van der Waals surface area contributed by atoms with Gasteiger partial charge in [-0.25, -0.2) is 13.6 Å². The van der Waals surface area contributed by atoms with Crippen LogP contribution >= 0.6 is 12.4 Å². The summed E-state index contributed by atoms with van der Waals surface area (Å²) in [6.07, 6.45) is -0.818. The third-order valence-electron chi connectivity index (χ3n) is 4.53. The highest BCUT2D eigenvalue weighted by molar-refractivity contribution is 6.08. The average molecular weight is 367 g/mol. The van der Waals surface area contributed by atoms with E-state index in [1.54, 1.807) is 12.1 Å². The zero-order valence-electron chi connectivity index (χ0n) is 13.5. The van der Waals surface area contributed by atoms with Gasteiger partial charge in [-0.15, -0.1) is 12.4 Å². The molecule has 1 saturated heterocycles. The Kier molecular flexibility index (Phi) is 4.33. The molecule has 7 heteroatoms. The van der Waals surface area contributed by atoms with E-state index in [0.717, 1.165) is 28.4 Å². The van der Waals surface area contributed by atoms with E-state index in [1.165, 1.54) is 0 Å². The molecule has 1 amide bonds. The second-order valence-electron chi connectivity index (χ2n) is 5.95. The summed E-state index contributed by atoms with van der Waals surface area (Å²) in [6.45, 7) is 1.93. The van der Waals surface area contributed by atoms with Gasteiger partial charge in [0.25, 0.3) is 0 Å². The first-order chi connectivity index (χ1) is 11.5. The van der Waals surface area contributed by atoms with Crippen LogP contribution in [0.2, 0.25) is 0 Å². The fraction of sp³-hybridized carbons (Fsp3) is 0.278. The van der Waals surface area contributed by atoms with Gasteiger partial charge in [-0.05, 0) is 30.7 Å². The van der Waals surface area contributed by atoms with E-state index in [2.05, 4.69) is 14.6 Å². The van der Waals surface area contributed by atoms with Crippen molar-refractivity contribution in [2.45, 2.75) is 25.4 Å². The van der Waals surface area contributed by atoms with Gasteiger partial charge in [-0.1, -0.05) is 24.3 Å². The Morgan fingerprint density at radius 2 is 1.92 bits per heavy atom. The number of aromatic nitrogens is 1. The molecular weight excluding hydrogens is 350 g/mol. The molecular formula is C18H17ClF2N2O2. The molecule has 0 saturated carbocycles. The smallest absolute Gasteiger partial charge is 0.408 e. The van der Waals surface area contributed by atoms with Gasteiger partial charge in [0.1, 0.15) is 6.04 Å². The zero-order valence-corrected chi connectivity index (χ0v) is 14.3. The van der Waals surface area contributed by atoms with Gasteiger partial charge in [0, 0.05) is 28.4 Å². The quantitative estimate of drug-likeness (QED) is 0.717. The summed E-state index contributed by atoms with van der Waals surface area (Å²) in [7, 11) is 0. The molecule has 0 radical (unpaired) electrons. The third kappa shape index (κ3) is 2.70. The number of hydrogen-bond donors (Lipinski definition) is 1. The zero-order chi connectivity index (χ0) is 16.9. The summed E-state index contributed by atoms with van der Waals surface area (Å²) in [4.78, 5) is 11.4. The van der Waals surface area contributed by atoms with Crippen LogP contribution in [0.3, 0.4) is 0 Å². The molecule has 1 fully saturated rings. The molecule has 2 heterocycles. The van der Waals surface area contributed by atoms with Crippen LogP contribution in [0.1, 0.15) is 18.5 Å². The summed E-state index contributed by atoms with van der Waals surface area (Å²) >= 11 is 0. The number of hydrogen-bond acceptors (Lipinski definition) is 2. The molecule has 4 nitrogen and oxygen atoms in total. The topological polar surface area (TPSA) is 43.3 Å². The van der Waals surface area contributed by atoms with Gasteiger partial charge in [-0.3, -0.25) is 0 Å². The number of alkyl carbamates (subject to hydrolysis) is 1. The maximum Gasteiger partial charge on any atom is 0.408 e. The lowest BCUT2D eigenvalue weighted by molar-refractivity contribution is -0.104. The number of halogens is 3. The van der Waals surface area contributed by atoms with Crippen LogP contribution in [0, 0.1) is 0 Å². The molecule has 1 N–H and O–H groups in total. The largest absolute Gasteiger partial charge is 0.443 e. The molecule has 0 aliphatic carbocycles. The molecule has 0 unspecified atom stereocenters. The number of amides is 1. The van der Waals surface area contributed by atoms with Crippen LogP contribution < -0.4 is 5.32 Å². The Hall–Kier alpha value is -2.34. The lowest BCUT2D eigenvalue weighted by Crippen LogP contribution is -2.49. The van der Waals surface area contributed by atoms with Crippen molar-refractivity contribution >= 4 is 40.3 Å². The van der Waals surface area contributed by atoms with Crippen LogP contribution in [0.25, 0.3) is 21.8 Å². The molecule has 0 spiro atoms. The first kappa shape index (κ1) is 17.5. The van der Waals surface area contributed by atoms with Crippen molar-refractivity contribution < 1.29 is 18.3 Å². The summed E-state index contributed by atoms with van der Waals surface area (Å²) in [5, 5.41) is 4.15. The van der Waals surface area contributed by atoms with Crippen molar-refractivity contribution in [3.8, 4) is 0 Å². The summed E-state index contributed by atoms with van der Waals surface area (Å²) in [5.74, 6) is -3.15. The lowest BCUT2D eigenvalue weighted by atomic mass is 9.98. The van der Waals surface area contributed by atoms with E-state index in [0.29, 0.717) is 5.56 Å². The first-order valence-electron chi connectivity index (χ1n) is 7.83. The number of nitrogens with one attached hydrogen (secondary N) is 1. The Bertz CT molecular complexity index is 955. The SMILES string of the molecule is CCn1c2ccccc2c2cc([C@H]3NC(=O)OCC3(F)F)ccc21.Cl. The van der Waals surface area contributed by atoms with Crippen LogP contribution in [0.15, 0.2) is 42.5 Å². The number of rotatable bonds is 2. The van der Waals surface area contributed by atoms with E-state index >= 15 is 0 Å². The number of aryl methyl sites for hydroxylation is 1. The Labute approximate surface area is 149 Å². The standard InChI is InChI=1S/C18H16F2N2O2.ClH/c1-2-22-14-6-4-3-5-12(14)13-9-11(7-8-15(13)22)16-18(19,20)10-24-17(23)21-16;/h3-9,16H,2,10H2,1H3,(H,21,23);1H/t16-;/m1./s1. The number of para-hydroxylation sites is 1. The van der Waals surface area contributed by atoms with E-state index in [9.17, 15) is 13.6 Å². The fourth-order valence-corrected chi connectivity index (χ4v) is 3.43. The number of carbonyl (C=O) groups excluding carboxylic acids is 1. The molecule has 1 aliphatic rings. The Morgan fingerprint density at radius 3 is 2.68 bits per heavy atom. The van der Waals surface area contributed by atoms with Crippen LogP contribution in [-0.4, -0.2) is 23.2 Å². The van der Waals surface area contributed by atoms with Crippen molar-refractivity contribution in [3.63, 3.8) is 0 Å². The van der Waals surface area contributed by atoms with Crippen molar-refractivity contribution in [1.82, 2.24) is 9.88 Å². The minimum absolute atomic E-state index is 0. The number of benzene rings is 2. The first-order valence-corrected chi connectivity index (χ1v) is 7.83. The molecule has 1 atom stereocenters. The Balaban J connectivity index is 0.00000182. The van der Waals surface area contributed by atoms with E-state index in [-0.39, 0.29) is 12.4 Å². The number of ether oxygens (including phenoxy) is 1. The highest BCUT2D eigenvalue weighted by Crippen LogP contribution is 2.37. The van der Waals surface area contributed by atoms with Crippen molar-refractivity contribution in [2.75, 3.05) is 6.61 Å². The van der Waals surface area contributed by atoms with Crippen LogP contribution in [0.5, 0.6) is 0 Å². The molecule has 1 aliphatic heterocycles. The molecule has 2 aromatic carbocycles.